The third-order valence-electron chi connectivity index (χ3n) is 5.18. The maximum Gasteiger partial charge on any atom is 0.121 e. The van der Waals surface area contributed by atoms with Crippen molar-refractivity contribution in [1.82, 2.24) is 5.32 Å². The van der Waals surface area contributed by atoms with Crippen LogP contribution in [0.3, 0.4) is 0 Å². The minimum absolute atomic E-state index is 0.0513. The SMILES string of the molecule is OCc1cc(C(O)CNCCCCCCOCCCCCc2ccco2)ccc1O. The minimum Gasteiger partial charge on any atom is -0.508 e. The predicted octanol–water partition coefficient (Wildman–Crippen LogP) is 4.09. The van der Waals surface area contributed by atoms with Gasteiger partial charge in [0.1, 0.15) is 11.5 Å². The van der Waals surface area contributed by atoms with Gasteiger partial charge in [0.2, 0.25) is 0 Å². The second-order valence-electron chi connectivity index (χ2n) is 7.68. The van der Waals surface area contributed by atoms with Crippen LogP contribution in [0.2, 0.25) is 0 Å². The first kappa shape index (κ1) is 24.4. The number of aromatic hydroxyl groups is 1. The van der Waals surface area contributed by atoms with Crippen molar-refractivity contribution in [3.8, 4) is 5.75 Å². The molecule has 0 aliphatic carbocycles. The van der Waals surface area contributed by atoms with Crippen LogP contribution in [0, 0.1) is 0 Å². The van der Waals surface area contributed by atoms with E-state index < -0.39 is 6.10 Å². The number of furan rings is 1. The number of aryl methyl sites for hydroxylation is 1. The van der Waals surface area contributed by atoms with Crippen LogP contribution < -0.4 is 5.32 Å². The van der Waals surface area contributed by atoms with Crippen LogP contribution >= 0.6 is 0 Å². The number of rotatable bonds is 17. The second-order valence-corrected chi connectivity index (χ2v) is 7.68. The Kier molecular flexibility index (Phi) is 12.2. The topological polar surface area (TPSA) is 95.1 Å². The monoisotopic (exact) mass is 419 g/mol. The molecule has 0 aliphatic rings. The Hall–Kier alpha value is -1.86. The molecule has 0 saturated heterocycles. The van der Waals surface area contributed by atoms with E-state index in [2.05, 4.69) is 5.32 Å². The van der Waals surface area contributed by atoms with Crippen molar-refractivity contribution in [2.24, 2.45) is 0 Å². The number of benzene rings is 1. The van der Waals surface area contributed by atoms with E-state index in [9.17, 15) is 15.3 Å². The standard InChI is InChI=1S/C24H37NO5/c26-19-21-17-20(11-12-23(21)27)24(28)18-25-13-5-1-2-6-14-29-15-7-3-4-9-22-10-8-16-30-22/h8,10-12,16-17,24-28H,1-7,9,13-15,18-19H2. The molecule has 168 valence electrons. The summed E-state index contributed by atoms with van der Waals surface area (Å²) in [6.45, 7) is 2.75. The lowest BCUT2D eigenvalue weighted by atomic mass is 10.1. The van der Waals surface area contributed by atoms with Gasteiger partial charge in [-0.15, -0.1) is 0 Å². The van der Waals surface area contributed by atoms with Gasteiger partial charge in [0.15, 0.2) is 0 Å². The third kappa shape index (κ3) is 9.76. The molecule has 0 amide bonds. The van der Waals surface area contributed by atoms with Gasteiger partial charge in [-0.3, -0.25) is 0 Å². The number of aliphatic hydroxyl groups excluding tert-OH is 2. The molecule has 1 atom stereocenters. The lowest BCUT2D eigenvalue weighted by Crippen LogP contribution is -2.22. The van der Waals surface area contributed by atoms with E-state index in [-0.39, 0.29) is 12.4 Å². The Bertz CT molecular complexity index is 674. The molecule has 1 unspecified atom stereocenters. The molecule has 2 aromatic rings. The Morgan fingerprint density at radius 1 is 0.967 bits per heavy atom. The smallest absolute Gasteiger partial charge is 0.121 e. The van der Waals surface area contributed by atoms with E-state index in [1.54, 1.807) is 18.4 Å². The van der Waals surface area contributed by atoms with Gasteiger partial charge < -0.3 is 29.8 Å². The Morgan fingerprint density at radius 3 is 2.47 bits per heavy atom. The molecule has 0 bridgehead atoms. The van der Waals surface area contributed by atoms with Crippen molar-refractivity contribution in [2.45, 2.75) is 64.1 Å². The van der Waals surface area contributed by atoms with Crippen molar-refractivity contribution in [3.05, 3.63) is 53.5 Å². The van der Waals surface area contributed by atoms with Gasteiger partial charge >= 0.3 is 0 Å². The van der Waals surface area contributed by atoms with Crippen LogP contribution in [-0.4, -0.2) is 41.6 Å². The molecule has 1 aromatic carbocycles. The lowest BCUT2D eigenvalue weighted by Gasteiger charge is -2.14. The largest absolute Gasteiger partial charge is 0.508 e. The third-order valence-corrected chi connectivity index (χ3v) is 5.18. The van der Waals surface area contributed by atoms with Gasteiger partial charge in [0.25, 0.3) is 0 Å². The summed E-state index contributed by atoms with van der Waals surface area (Å²) in [5.74, 6) is 1.12. The second kappa shape index (κ2) is 15.0. The average molecular weight is 420 g/mol. The molecule has 0 fully saturated rings. The Morgan fingerprint density at radius 2 is 1.73 bits per heavy atom. The molecule has 30 heavy (non-hydrogen) atoms. The lowest BCUT2D eigenvalue weighted by molar-refractivity contribution is 0.125. The highest BCUT2D eigenvalue weighted by molar-refractivity contribution is 5.36. The van der Waals surface area contributed by atoms with Crippen molar-refractivity contribution < 1.29 is 24.5 Å². The van der Waals surface area contributed by atoms with Crippen LogP contribution in [0.15, 0.2) is 41.0 Å². The number of nitrogens with one attached hydrogen (secondary N) is 1. The van der Waals surface area contributed by atoms with Crippen LogP contribution in [0.25, 0.3) is 0 Å². The van der Waals surface area contributed by atoms with Crippen molar-refractivity contribution in [3.63, 3.8) is 0 Å². The quantitative estimate of drug-likeness (QED) is 0.289. The summed E-state index contributed by atoms with van der Waals surface area (Å²) in [5, 5.41) is 32.2. The number of ether oxygens (including phenoxy) is 1. The van der Waals surface area contributed by atoms with E-state index in [1.165, 1.54) is 12.5 Å². The molecule has 0 aliphatic heterocycles. The van der Waals surface area contributed by atoms with Crippen LogP contribution in [-0.2, 0) is 17.8 Å². The molecule has 0 saturated carbocycles. The summed E-state index contributed by atoms with van der Waals surface area (Å²) < 4.78 is 11.0. The molecular weight excluding hydrogens is 382 g/mol. The average Bonchev–Trinajstić information content (AvgIpc) is 3.27. The first-order valence-corrected chi connectivity index (χ1v) is 11.1. The van der Waals surface area contributed by atoms with E-state index >= 15 is 0 Å². The van der Waals surface area contributed by atoms with Crippen LogP contribution in [0.1, 0.15) is 67.9 Å². The number of unbranched alkanes of at least 4 members (excludes halogenated alkanes) is 5. The molecule has 6 heteroatoms. The maximum absolute atomic E-state index is 10.2. The van der Waals surface area contributed by atoms with Crippen LogP contribution in [0.4, 0.5) is 0 Å². The van der Waals surface area contributed by atoms with Gasteiger partial charge in [-0.25, -0.2) is 0 Å². The van der Waals surface area contributed by atoms with Gasteiger partial charge in [-0.2, -0.15) is 0 Å². The molecule has 4 N–H and O–H groups in total. The van der Waals surface area contributed by atoms with E-state index in [0.717, 1.165) is 70.5 Å². The number of phenols is 1. The van der Waals surface area contributed by atoms with Gasteiger partial charge in [-0.05, 0) is 62.1 Å². The van der Waals surface area contributed by atoms with Gasteiger partial charge in [0.05, 0.1) is 19.0 Å². The van der Waals surface area contributed by atoms with Gasteiger partial charge in [0, 0.05) is 31.7 Å². The fourth-order valence-electron chi connectivity index (χ4n) is 3.34. The summed E-state index contributed by atoms with van der Waals surface area (Å²) in [6, 6.07) is 8.79. The summed E-state index contributed by atoms with van der Waals surface area (Å²) in [6.07, 6.45) is 9.96. The van der Waals surface area contributed by atoms with E-state index in [0.29, 0.717) is 17.7 Å². The normalized spacial score (nSPS) is 12.3. The molecule has 2 rings (SSSR count). The van der Waals surface area contributed by atoms with Crippen molar-refractivity contribution in [1.29, 1.82) is 0 Å². The van der Waals surface area contributed by atoms with E-state index in [1.807, 2.05) is 12.1 Å². The highest BCUT2D eigenvalue weighted by atomic mass is 16.5. The predicted molar refractivity (Wildman–Crippen MR) is 117 cm³/mol. The summed E-state index contributed by atoms with van der Waals surface area (Å²) in [4.78, 5) is 0. The van der Waals surface area contributed by atoms with Crippen molar-refractivity contribution in [2.75, 3.05) is 26.3 Å². The number of aliphatic hydroxyl groups is 2. The zero-order valence-electron chi connectivity index (χ0n) is 17.9. The van der Waals surface area contributed by atoms with Crippen molar-refractivity contribution >= 4 is 0 Å². The molecule has 1 heterocycles. The Labute approximate surface area is 179 Å². The summed E-state index contributed by atoms with van der Waals surface area (Å²) >= 11 is 0. The summed E-state index contributed by atoms with van der Waals surface area (Å²) in [5.41, 5.74) is 1.13. The maximum atomic E-state index is 10.2. The molecule has 0 spiro atoms. The van der Waals surface area contributed by atoms with Gasteiger partial charge in [-0.1, -0.05) is 25.3 Å². The highest BCUT2D eigenvalue weighted by Crippen LogP contribution is 2.22. The Balaban J connectivity index is 1.36. The fourth-order valence-corrected chi connectivity index (χ4v) is 3.34. The highest BCUT2D eigenvalue weighted by Gasteiger charge is 2.09. The molecule has 1 aromatic heterocycles. The molecule has 0 radical (unpaired) electrons. The summed E-state index contributed by atoms with van der Waals surface area (Å²) in [7, 11) is 0. The zero-order chi connectivity index (χ0) is 21.4. The first-order valence-electron chi connectivity index (χ1n) is 11.1. The van der Waals surface area contributed by atoms with Crippen LogP contribution in [0.5, 0.6) is 5.75 Å². The first-order chi connectivity index (χ1) is 14.7. The zero-order valence-corrected chi connectivity index (χ0v) is 17.9. The molecular formula is C24H37NO5. The van der Waals surface area contributed by atoms with E-state index in [4.69, 9.17) is 9.15 Å². The minimum atomic E-state index is -0.650. The number of hydrogen-bond acceptors (Lipinski definition) is 6. The fraction of sp³-hybridized carbons (Fsp3) is 0.583. The number of hydrogen-bond donors (Lipinski definition) is 4. The molecule has 6 nitrogen and oxygen atoms in total.